The molecule has 3 unspecified atom stereocenters. The number of hydrogen-bond acceptors (Lipinski definition) is 2. The number of carboxylic acid groups (broad SMARTS) is 1. The Labute approximate surface area is 79.8 Å². The van der Waals surface area contributed by atoms with Gasteiger partial charge in [-0.3, -0.25) is 4.79 Å². The fourth-order valence-corrected chi connectivity index (χ4v) is 1.34. The lowest BCUT2D eigenvalue weighted by Gasteiger charge is -2.19. The number of aliphatic carboxylic acids is 1. The van der Waals surface area contributed by atoms with E-state index >= 15 is 0 Å². The van der Waals surface area contributed by atoms with Crippen molar-refractivity contribution in [3.63, 3.8) is 0 Å². The first kappa shape index (κ1) is 12.4. The van der Waals surface area contributed by atoms with Crippen LogP contribution >= 0.6 is 0 Å². The summed E-state index contributed by atoms with van der Waals surface area (Å²) in [5, 5.41) is 18.2. The Morgan fingerprint density at radius 1 is 1.38 bits per heavy atom. The van der Waals surface area contributed by atoms with E-state index in [0.29, 0.717) is 6.42 Å². The molecule has 0 aliphatic rings. The standard InChI is InChI=1S/C10H20O3/c1-4-5-7(2)9(11)6-8(3)10(12)13/h7-9,11H,4-6H2,1-3H3,(H,12,13). The Balaban J connectivity index is 3.84. The second kappa shape index (κ2) is 5.97. The third kappa shape index (κ3) is 4.88. The predicted molar refractivity (Wildman–Crippen MR) is 51.5 cm³/mol. The molecule has 0 saturated carbocycles. The first-order chi connectivity index (χ1) is 5.99. The molecule has 78 valence electrons. The van der Waals surface area contributed by atoms with Crippen molar-refractivity contribution < 1.29 is 15.0 Å². The largest absolute Gasteiger partial charge is 0.481 e. The summed E-state index contributed by atoms with van der Waals surface area (Å²) in [7, 11) is 0. The molecule has 0 aromatic carbocycles. The highest BCUT2D eigenvalue weighted by Gasteiger charge is 2.20. The van der Waals surface area contributed by atoms with E-state index in [1.54, 1.807) is 6.92 Å². The van der Waals surface area contributed by atoms with E-state index in [9.17, 15) is 9.90 Å². The number of aliphatic hydroxyl groups is 1. The lowest BCUT2D eigenvalue weighted by Crippen LogP contribution is -2.23. The summed E-state index contributed by atoms with van der Waals surface area (Å²) >= 11 is 0. The Morgan fingerprint density at radius 2 is 1.92 bits per heavy atom. The van der Waals surface area contributed by atoms with Gasteiger partial charge in [-0.1, -0.05) is 27.2 Å². The highest BCUT2D eigenvalue weighted by atomic mass is 16.4. The molecule has 0 aromatic heterocycles. The molecule has 0 rings (SSSR count). The average molecular weight is 188 g/mol. The monoisotopic (exact) mass is 188 g/mol. The van der Waals surface area contributed by atoms with Gasteiger partial charge in [-0.15, -0.1) is 0 Å². The fraction of sp³-hybridized carbons (Fsp3) is 0.900. The van der Waals surface area contributed by atoms with Crippen LogP contribution in [0.2, 0.25) is 0 Å². The van der Waals surface area contributed by atoms with Crippen LogP contribution in [0.3, 0.4) is 0 Å². The van der Waals surface area contributed by atoms with Crippen LogP contribution in [0.4, 0.5) is 0 Å². The Kier molecular flexibility index (Phi) is 5.71. The summed E-state index contributed by atoms with van der Waals surface area (Å²) in [6.45, 7) is 5.65. The van der Waals surface area contributed by atoms with E-state index in [0.717, 1.165) is 12.8 Å². The zero-order valence-corrected chi connectivity index (χ0v) is 8.66. The summed E-state index contributed by atoms with van der Waals surface area (Å²) in [5.41, 5.74) is 0. The van der Waals surface area contributed by atoms with Crippen LogP contribution in [0, 0.1) is 11.8 Å². The zero-order chi connectivity index (χ0) is 10.4. The molecule has 0 aliphatic heterocycles. The Bertz CT molecular complexity index is 156. The van der Waals surface area contributed by atoms with E-state index in [-0.39, 0.29) is 5.92 Å². The summed E-state index contributed by atoms with van der Waals surface area (Å²) in [4.78, 5) is 10.5. The van der Waals surface area contributed by atoms with Crippen LogP contribution < -0.4 is 0 Å². The molecule has 0 amide bonds. The van der Waals surface area contributed by atoms with Crippen molar-refractivity contribution in [2.75, 3.05) is 0 Å². The van der Waals surface area contributed by atoms with E-state index in [1.165, 1.54) is 0 Å². The van der Waals surface area contributed by atoms with Gasteiger partial charge in [0.15, 0.2) is 0 Å². The summed E-state index contributed by atoms with van der Waals surface area (Å²) in [6, 6.07) is 0. The summed E-state index contributed by atoms with van der Waals surface area (Å²) in [6.07, 6.45) is 1.86. The van der Waals surface area contributed by atoms with E-state index < -0.39 is 18.0 Å². The van der Waals surface area contributed by atoms with Crippen molar-refractivity contribution in [3.05, 3.63) is 0 Å². The normalized spacial score (nSPS) is 17.8. The van der Waals surface area contributed by atoms with Gasteiger partial charge in [0.25, 0.3) is 0 Å². The maximum Gasteiger partial charge on any atom is 0.306 e. The van der Waals surface area contributed by atoms with Crippen molar-refractivity contribution in [1.82, 2.24) is 0 Å². The van der Waals surface area contributed by atoms with Gasteiger partial charge in [0, 0.05) is 0 Å². The molecule has 3 heteroatoms. The molecule has 3 atom stereocenters. The minimum absolute atomic E-state index is 0.201. The Morgan fingerprint density at radius 3 is 2.31 bits per heavy atom. The molecule has 13 heavy (non-hydrogen) atoms. The number of carboxylic acids is 1. The van der Waals surface area contributed by atoms with Crippen molar-refractivity contribution in [2.45, 2.75) is 46.1 Å². The third-order valence-corrected chi connectivity index (χ3v) is 2.42. The predicted octanol–water partition coefficient (Wildman–Crippen LogP) is 1.89. The van der Waals surface area contributed by atoms with Gasteiger partial charge in [-0.05, 0) is 18.8 Å². The SMILES string of the molecule is CCCC(C)C(O)CC(C)C(=O)O. The minimum Gasteiger partial charge on any atom is -0.481 e. The maximum absolute atomic E-state index is 10.5. The van der Waals surface area contributed by atoms with Gasteiger partial charge in [0.2, 0.25) is 0 Å². The molecule has 2 N–H and O–H groups in total. The molecule has 0 spiro atoms. The van der Waals surface area contributed by atoms with E-state index in [4.69, 9.17) is 5.11 Å². The van der Waals surface area contributed by atoms with Gasteiger partial charge in [0.1, 0.15) is 0 Å². The quantitative estimate of drug-likeness (QED) is 0.669. The average Bonchev–Trinajstić information content (AvgIpc) is 2.04. The fourth-order valence-electron chi connectivity index (χ4n) is 1.34. The molecule has 0 fully saturated rings. The van der Waals surface area contributed by atoms with Gasteiger partial charge >= 0.3 is 5.97 Å². The molecular formula is C10H20O3. The minimum atomic E-state index is -0.831. The third-order valence-electron chi connectivity index (χ3n) is 2.42. The van der Waals surface area contributed by atoms with Gasteiger partial charge in [-0.2, -0.15) is 0 Å². The lowest BCUT2D eigenvalue weighted by molar-refractivity contribution is -0.142. The molecule has 3 nitrogen and oxygen atoms in total. The van der Waals surface area contributed by atoms with E-state index in [2.05, 4.69) is 6.92 Å². The molecule has 0 heterocycles. The van der Waals surface area contributed by atoms with Crippen LogP contribution in [-0.4, -0.2) is 22.3 Å². The van der Waals surface area contributed by atoms with Gasteiger partial charge in [0.05, 0.1) is 12.0 Å². The Hall–Kier alpha value is -0.570. The molecule has 0 bridgehead atoms. The van der Waals surface area contributed by atoms with Crippen molar-refractivity contribution in [2.24, 2.45) is 11.8 Å². The van der Waals surface area contributed by atoms with Crippen LogP contribution in [-0.2, 0) is 4.79 Å². The van der Waals surface area contributed by atoms with Crippen LogP contribution in [0.15, 0.2) is 0 Å². The van der Waals surface area contributed by atoms with Crippen molar-refractivity contribution in [3.8, 4) is 0 Å². The molecule has 0 aliphatic carbocycles. The second-order valence-corrected chi connectivity index (χ2v) is 3.81. The topological polar surface area (TPSA) is 57.5 Å². The molecule has 0 saturated heterocycles. The maximum atomic E-state index is 10.5. The highest BCUT2D eigenvalue weighted by molar-refractivity contribution is 5.69. The smallest absolute Gasteiger partial charge is 0.306 e. The second-order valence-electron chi connectivity index (χ2n) is 3.81. The summed E-state index contributed by atoms with van der Waals surface area (Å²) < 4.78 is 0. The van der Waals surface area contributed by atoms with E-state index in [1.807, 2.05) is 6.92 Å². The number of rotatable bonds is 6. The van der Waals surface area contributed by atoms with Crippen molar-refractivity contribution >= 4 is 5.97 Å². The molecular weight excluding hydrogens is 168 g/mol. The lowest BCUT2D eigenvalue weighted by atomic mass is 9.92. The van der Waals surface area contributed by atoms with Crippen LogP contribution in [0.1, 0.15) is 40.0 Å². The first-order valence-corrected chi connectivity index (χ1v) is 4.89. The van der Waals surface area contributed by atoms with Crippen LogP contribution in [0.25, 0.3) is 0 Å². The van der Waals surface area contributed by atoms with Crippen molar-refractivity contribution in [1.29, 1.82) is 0 Å². The zero-order valence-electron chi connectivity index (χ0n) is 8.66. The molecule has 0 radical (unpaired) electrons. The summed E-state index contributed by atoms with van der Waals surface area (Å²) in [5.74, 6) is -1.08. The number of hydrogen-bond donors (Lipinski definition) is 2. The first-order valence-electron chi connectivity index (χ1n) is 4.89. The van der Waals surface area contributed by atoms with Gasteiger partial charge in [-0.25, -0.2) is 0 Å². The number of carbonyl (C=O) groups is 1. The van der Waals surface area contributed by atoms with Crippen LogP contribution in [0.5, 0.6) is 0 Å². The van der Waals surface area contributed by atoms with Gasteiger partial charge < -0.3 is 10.2 Å². The molecule has 0 aromatic rings. The number of aliphatic hydroxyl groups excluding tert-OH is 1. The highest BCUT2D eigenvalue weighted by Crippen LogP contribution is 2.17.